The van der Waals surface area contributed by atoms with Crippen molar-refractivity contribution in [2.24, 2.45) is 5.41 Å². The van der Waals surface area contributed by atoms with E-state index in [1.165, 1.54) is 19.3 Å². The Labute approximate surface area is 98.9 Å². The Morgan fingerprint density at radius 1 is 1.56 bits per heavy atom. The smallest absolute Gasteiger partial charge is 0.307 e. The van der Waals surface area contributed by atoms with Crippen molar-refractivity contribution in [2.45, 2.75) is 65.5 Å². The van der Waals surface area contributed by atoms with Crippen LogP contribution in [0, 0.1) is 5.41 Å². The first-order valence-corrected chi connectivity index (χ1v) is 6.37. The van der Waals surface area contributed by atoms with Crippen molar-refractivity contribution < 1.29 is 9.53 Å². The van der Waals surface area contributed by atoms with E-state index in [0.717, 1.165) is 0 Å². The highest BCUT2D eigenvalue weighted by Crippen LogP contribution is 2.37. The van der Waals surface area contributed by atoms with Crippen LogP contribution in [0.25, 0.3) is 0 Å². The maximum Gasteiger partial charge on any atom is 0.307 e. The molecule has 1 N–H and O–H groups in total. The van der Waals surface area contributed by atoms with E-state index in [-0.39, 0.29) is 12.0 Å². The number of nitrogens with one attached hydrogen (secondary N) is 1. The number of hydrogen-bond donors (Lipinski definition) is 1. The third-order valence-electron chi connectivity index (χ3n) is 3.52. The molecule has 0 aromatic rings. The van der Waals surface area contributed by atoms with Gasteiger partial charge in [0.2, 0.25) is 0 Å². The first kappa shape index (κ1) is 13.5. The molecule has 1 aliphatic rings. The monoisotopic (exact) mass is 227 g/mol. The Bertz CT molecular complexity index is 238. The highest BCUT2D eigenvalue weighted by Gasteiger charge is 2.35. The second-order valence-electron chi connectivity index (χ2n) is 5.51. The Balaban J connectivity index is 2.34. The summed E-state index contributed by atoms with van der Waals surface area (Å²) in [5.41, 5.74) is 0.364. The molecule has 1 saturated carbocycles. The van der Waals surface area contributed by atoms with Crippen LogP contribution in [0.4, 0.5) is 0 Å². The first-order valence-electron chi connectivity index (χ1n) is 6.37. The highest BCUT2D eigenvalue weighted by molar-refractivity contribution is 5.70. The van der Waals surface area contributed by atoms with E-state index in [1.807, 2.05) is 6.92 Å². The molecule has 1 aliphatic carbocycles. The van der Waals surface area contributed by atoms with Crippen molar-refractivity contribution in [2.75, 3.05) is 6.61 Å². The average Bonchev–Trinajstić information content (AvgIpc) is 2.46. The fraction of sp³-hybridized carbons (Fsp3) is 0.923. The minimum atomic E-state index is -0.0988. The number of ether oxygens (including phenoxy) is 1. The van der Waals surface area contributed by atoms with E-state index in [1.54, 1.807) is 0 Å². The van der Waals surface area contributed by atoms with Gasteiger partial charge in [-0.25, -0.2) is 0 Å². The van der Waals surface area contributed by atoms with Crippen molar-refractivity contribution in [3.8, 4) is 0 Å². The van der Waals surface area contributed by atoms with Crippen LogP contribution in [0.1, 0.15) is 53.4 Å². The van der Waals surface area contributed by atoms with Gasteiger partial charge < -0.3 is 10.1 Å². The van der Waals surface area contributed by atoms with Crippen molar-refractivity contribution in [3.05, 3.63) is 0 Å². The van der Waals surface area contributed by atoms with Gasteiger partial charge in [-0.2, -0.15) is 0 Å². The van der Waals surface area contributed by atoms with Gasteiger partial charge in [0, 0.05) is 12.1 Å². The molecule has 0 saturated heterocycles. The second-order valence-corrected chi connectivity index (χ2v) is 5.51. The number of rotatable bonds is 5. The zero-order valence-electron chi connectivity index (χ0n) is 11.0. The number of esters is 1. The molecule has 0 spiro atoms. The van der Waals surface area contributed by atoms with Gasteiger partial charge in [0.05, 0.1) is 13.0 Å². The fourth-order valence-electron chi connectivity index (χ4n) is 2.51. The molecular formula is C13H25NO2. The van der Waals surface area contributed by atoms with Gasteiger partial charge in [0.25, 0.3) is 0 Å². The number of hydrogen-bond acceptors (Lipinski definition) is 3. The molecule has 0 bridgehead atoms. The SMILES string of the molecule is CCOC(=O)CC(C)NC1CCCC1(C)C. The van der Waals surface area contributed by atoms with E-state index in [9.17, 15) is 4.79 Å². The summed E-state index contributed by atoms with van der Waals surface area (Å²) in [7, 11) is 0. The quantitative estimate of drug-likeness (QED) is 0.733. The lowest BCUT2D eigenvalue weighted by Gasteiger charge is -2.30. The Hall–Kier alpha value is -0.570. The lowest BCUT2D eigenvalue weighted by atomic mass is 9.87. The summed E-state index contributed by atoms with van der Waals surface area (Å²) in [6.45, 7) is 8.98. The van der Waals surface area contributed by atoms with Crippen LogP contribution in [0.5, 0.6) is 0 Å². The average molecular weight is 227 g/mol. The maximum atomic E-state index is 11.3. The third kappa shape index (κ3) is 3.78. The third-order valence-corrected chi connectivity index (χ3v) is 3.52. The van der Waals surface area contributed by atoms with E-state index in [4.69, 9.17) is 4.74 Å². The second kappa shape index (κ2) is 5.67. The van der Waals surface area contributed by atoms with E-state index in [0.29, 0.717) is 24.5 Å². The Morgan fingerprint density at radius 3 is 2.75 bits per heavy atom. The molecule has 0 aromatic carbocycles. The zero-order valence-corrected chi connectivity index (χ0v) is 11.0. The molecule has 1 rings (SSSR count). The fourth-order valence-corrected chi connectivity index (χ4v) is 2.51. The van der Waals surface area contributed by atoms with Crippen LogP contribution >= 0.6 is 0 Å². The summed E-state index contributed by atoms with van der Waals surface area (Å²) in [6.07, 6.45) is 4.26. The normalized spacial score (nSPS) is 25.4. The summed E-state index contributed by atoms with van der Waals surface area (Å²) in [5.74, 6) is -0.0988. The summed E-state index contributed by atoms with van der Waals surface area (Å²) in [5, 5.41) is 3.56. The summed E-state index contributed by atoms with van der Waals surface area (Å²) in [6, 6.07) is 0.748. The van der Waals surface area contributed by atoms with Crippen molar-refractivity contribution in [3.63, 3.8) is 0 Å². The minimum absolute atomic E-state index is 0.0988. The van der Waals surface area contributed by atoms with Gasteiger partial charge >= 0.3 is 5.97 Å². The van der Waals surface area contributed by atoms with Crippen LogP contribution in [0.2, 0.25) is 0 Å². The molecular weight excluding hydrogens is 202 g/mol. The largest absolute Gasteiger partial charge is 0.466 e. The Kier molecular flexibility index (Phi) is 4.78. The maximum absolute atomic E-state index is 11.3. The summed E-state index contributed by atoms with van der Waals surface area (Å²) in [4.78, 5) is 11.3. The van der Waals surface area contributed by atoms with Crippen molar-refractivity contribution in [1.82, 2.24) is 5.32 Å². The molecule has 2 unspecified atom stereocenters. The van der Waals surface area contributed by atoms with E-state index < -0.39 is 0 Å². The molecule has 0 aliphatic heterocycles. The van der Waals surface area contributed by atoms with Gasteiger partial charge in [0.15, 0.2) is 0 Å². The van der Waals surface area contributed by atoms with E-state index >= 15 is 0 Å². The van der Waals surface area contributed by atoms with Gasteiger partial charge in [-0.05, 0) is 32.1 Å². The standard InChI is InChI=1S/C13H25NO2/c1-5-16-12(15)9-10(2)14-11-7-6-8-13(11,3)4/h10-11,14H,5-9H2,1-4H3. The molecule has 1 fully saturated rings. The highest BCUT2D eigenvalue weighted by atomic mass is 16.5. The van der Waals surface area contributed by atoms with Crippen LogP contribution in [0.15, 0.2) is 0 Å². The van der Waals surface area contributed by atoms with Crippen LogP contribution < -0.4 is 5.32 Å². The molecule has 0 aromatic heterocycles. The lowest BCUT2D eigenvalue weighted by Crippen LogP contribution is -2.43. The van der Waals surface area contributed by atoms with Gasteiger partial charge in [0.1, 0.15) is 0 Å². The van der Waals surface area contributed by atoms with Gasteiger partial charge in [-0.1, -0.05) is 20.3 Å². The number of carbonyl (C=O) groups excluding carboxylic acids is 1. The molecule has 0 heterocycles. The van der Waals surface area contributed by atoms with Crippen molar-refractivity contribution in [1.29, 1.82) is 0 Å². The van der Waals surface area contributed by atoms with Gasteiger partial charge in [-0.3, -0.25) is 4.79 Å². The lowest BCUT2D eigenvalue weighted by molar-refractivity contribution is -0.143. The predicted octanol–water partition coefficient (Wildman–Crippen LogP) is 2.50. The van der Waals surface area contributed by atoms with Gasteiger partial charge in [-0.15, -0.1) is 0 Å². The Morgan fingerprint density at radius 2 is 2.25 bits per heavy atom. The molecule has 16 heavy (non-hydrogen) atoms. The van der Waals surface area contributed by atoms with Crippen molar-refractivity contribution >= 4 is 5.97 Å². The minimum Gasteiger partial charge on any atom is -0.466 e. The molecule has 0 radical (unpaired) electrons. The number of carbonyl (C=O) groups is 1. The molecule has 2 atom stereocenters. The topological polar surface area (TPSA) is 38.3 Å². The van der Waals surface area contributed by atoms with Crippen LogP contribution in [0.3, 0.4) is 0 Å². The first-order chi connectivity index (χ1) is 7.45. The molecule has 0 amide bonds. The van der Waals surface area contributed by atoms with Crippen LogP contribution in [-0.2, 0) is 9.53 Å². The predicted molar refractivity (Wildman–Crippen MR) is 65.3 cm³/mol. The zero-order chi connectivity index (χ0) is 12.2. The van der Waals surface area contributed by atoms with E-state index in [2.05, 4.69) is 26.1 Å². The summed E-state index contributed by atoms with van der Waals surface area (Å²) >= 11 is 0. The van der Waals surface area contributed by atoms with Crippen LogP contribution in [-0.4, -0.2) is 24.7 Å². The molecule has 3 heteroatoms. The summed E-state index contributed by atoms with van der Waals surface area (Å²) < 4.78 is 4.95. The molecule has 94 valence electrons. The molecule has 3 nitrogen and oxygen atoms in total.